The molecule has 0 radical (unpaired) electrons. The number of thiazole rings is 1. The molecule has 0 saturated heterocycles. The number of carbonyl (C=O) groups is 2. The fourth-order valence-electron chi connectivity index (χ4n) is 2.68. The Labute approximate surface area is 116 Å². The van der Waals surface area contributed by atoms with E-state index in [9.17, 15) is 9.59 Å². The van der Waals surface area contributed by atoms with Crippen LogP contribution in [0, 0.1) is 6.92 Å². The van der Waals surface area contributed by atoms with Crippen molar-refractivity contribution in [2.45, 2.75) is 51.0 Å². The van der Waals surface area contributed by atoms with Crippen molar-refractivity contribution in [1.29, 1.82) is 0 Å². The summed E-state index contributed by atoms with van der Waals surface area (Å²) in [5, 5.41) is 14.7. The van der Waals surface area contributed by atoms with Crippen molar-refractivity contribution in [3.63, 3.8) is 0 Å². The maximum atomic E-state index is 12.0. The van der Waals surface area contributed by atoms with Gasteiger partial charge >= 0.3 is 5.97 Å². The van der Waals surface area contributed by atoms with Crippen molar-refractivity contribution in [1.82, 2.24) is 10.3 Å². The van der Waals surface area contributed by atoms with Crippen LogP contribution < -0.4 is 5.32 Å². The lowest BCUT2D eigenvalue weighted by Gasteiger charge is -2.28. The zero-order chi connectivity index (χ0) is 13.9. The Hall–Kier alpha value is -1.43. The van der Waals surface area contributed by atoms with Crippen LogP contribution in [0.1, 0.15) is 42.8 Å². The van der Waals surface area contributed by atoms with Gasteiger partial charge in [0.2, 0.25) is 5.91 Å². The lowest BCUT2D eigenvalue weighted by Crippen LogP contribution is -2.48. The topological polar surface area (TPSA) is 79.3 Å². The van der Waals surface area contributed by atoms with Gasteiger partial charge in [0.15, 0.2) is 0 Å². The fourth-order valence-corrected chi connectivity index (χ4v) is 3.29. The number of amides is 1. The molecule has 2 rings (SSSR count). The number of aromatic nitrogens is 1. The molecule has 6 heteroatoms. The van der Waals surface area contributed by atoms with E-state index < -0.39 is 11.5 Å². The van der Waals surface area contributed by atoms with Gasteiger partial charge in [-0.1, -0.05) is 12.8 Å². The number of aryl methyl sites for hydroxylation is 1. The van der Waals surface area contributed by atoms with Gasteiger partial charge in [-0.2, -0.15) is 0 Å². The van der Waals surface area contributed by atoms with E-state index in [0.29, 0.717) is 0 Å². The van der Waals surface area contributed by atoms with E-state index in [1.165, 1.54) is 11.3 Å². The summed E-state index contributed by atoms with van der Waals surface area (Å²) in [5.41, 5.74) is 0.206. The molecule has 2 N–H and O–H groups in total. The molecule has 1 aromatic heterocycles. The van der Waals surface area contributed by atoms with Crippen molar-refractivity contribution in [3.8, 4) is 0 Å². The summed E-state index contributed by atoms with van der Waals surface area (Å²) in [5.74, 6) is -0.986. The predicted molar refractivity (Wildman–Crippen MR) is 72.1 cm³/mol. The number of aliphatic carboxylic acids is 1. The quantitative estimate of drug-likeness (QED) is 0.864. The summed E-state index contributed by atoms with van der Waals surface area (Å²) in [6.07, 6.45) is 3.69. The maximum Gasteiger partial charge on any atom is 0.305 e. The highest BCUT2D eigenvalue weighted by Gasteiger charge is 2.37. The first kappa shape index (κ1) is 14.0. The Balaban J connectivity index is 1.97. The largest absolute Gasteiger partial charge is 0.481 e. The Morgan fingerprint density at radius 2 is 2.16 bits per heavy atom. The molecule has 1 aromatic rings. The van der Waals surface area contributed by atoms with Crippen LogP contribution in [0.15, 0.2) is 5.38 Å². The van der Waals surface area contributed by atoms with Crippen molar-refractivity contribution in [2.75, 3.05) is 0 Å². The van der Waals surface area contributed by atoms with Crippen molar-refractivity contribution >= 4 is 23.2 Å². The molecule has 1 aliphatic rings. The Morgan fingerprint density at radius 1 is 1.47 bits per heavy atom. The molecular weight excluding hydrogens is 264 g/mol. The van der Waals surface area contributed by atoms with E-state index in [-0.39, 0.29) is 18.7 Å². The third-order valence-corrected chi connectivity index (χ3v) is 4.29. The van der Waals surface area contributed by atoms with Crippen molar-refractivity contribution < 1.29 is 14.7 Å². The van der Waals surface area contributed by atoms with Gasteiger partial charge in [0.05, 0.1) is 29.1 Å². The molecular formula is C13H18N2O3S. The molecule has 0 aromatic carbocycles. The van der Waals surface area contributed by atoms with E-state index in [4.69, 9.17) is 5.11 Å². The van der Waals surface area contributed by atoms with Crippen LogP contribution in [0.5, 0.6) is 0 Å². The second-order valence-corrected chi connectivity index (χ2v) is 6.20. The zero-order valence-electron chi connectivity index (χ0n) is 10.9. The van der Waals surface area contributed by atoms with E-state index in [1.54, 1.807) is 0 Å². The lowest BCUT2D eigenvalue weighted by atomic mass is 9.93. The molecule has 19 heavy (non-hydrogen) atoms. The summed E-state index contributed by atoms with van der Waals surface area (Å²) in [6.45, 7) is 1.90. The average molecular weight is 282 g/mol. The second-order valence-electron chi connectivity index (χ2n) is 5.14. The number of hydrogen-bond acceptors (Lipinski definition) is 4. The Kier molecular flexibility index (Phi) is 4.19. The highest BCUT2D eigenvalue weighted by Crippen LogP contribution is 2.32. The first-order chi connectivity index (χ1) is 8.99. The summed E-state index contributed by atoms with van der Waals surface area (Å²) in [6, 6.07) is 0. The molecule has 104 valence electrons. The number of hydrogen-bond donors (Lipinski definition) is 2. The van der Waals surface area contributed by atoms with Crippen LogP contribution in [0.4, 0.5) is 0 Å². The third-order valence-electron chi connectivity index (χ3n) is 3.46. The van der Waals surface area contributed by atoms with Crippen LogP contribution >= 0.6 is 11.3 Å². The van der Waals surface area contributed by atoms with Crippen LogP contribution in [0.3, 0.4) is 0 Å². The summed E-state index contributed by atoms with van der Waals surface area (Å²) < 4.78 is 0. The number of nitrogens with one attached hydrogen (secondary N) is 1. The van der Waals surface area contributed by atoms with E-state index in [2.05, 4.69) is 10.3 Å². The van der Waals surface area contributed by atoms with Gasteiger partial charge in [-0.25, -0.2) is 4.98 Å². The molecule has 5 nitrogen and oxygen atoms in total. The first-order valence-electron chi connectivity index (χ1n) is 6.43. The number of carboxylic acids is 1. The molecule has 1 aliphatic carbocycles. The van der Waals surface area contributed by atoms with Crippen LogP contribution in [-0.2, 0) is 16.0 Å². The minimum Gasteiger partial charge on any atom is -0.481 e. The van der Waals surface area contributed by atoms with Crippen molar-refractivity contribution in [3.05, 3.63) is 16.1 Å². The molecule has 0 atom stereocenters. The first-order valence-corrected chi connectivity index (χ1v) is 7.31. The number of carboxylic acid groups (broad SMARTS) is 1. The normalized spacial score (nSPS) is 17.3. The molecule has 0 unspecified atom stereocenters. The van der Waals surface area contributed by atoms with Crippen LogP contribution in [0.25, 0.3) is 0 Å². The van der Waals surface area contributed by atoms with Gasteiger partial charge in [-0.15, -0.1) is 11.3 Å². The van der Waals surface area contributed by atoms with Gasteiger partial charge in [-0.05, 0) is 19.8 Å². The highest BCUT2D eigenvalue weighted by molar-refractivity contribution is 7.09. The maximum absolute atomic E-state index is 12.0. The molecule has 0 bridgehead atoms. The highest BCUT2D eigenvalue weighted by atomic mass is 32.1. The minimum atomic E-state index is -0.855. The summed E-state index contributed by atoms with van der Waals surface area (Å²) in [4.78, 5) is 27.2. The van der Waals surface area contributed by atoms with Crippen LogP contribution in [0.2, 0.25) is 0 Å². The van der Waals surface area contributed by atoms with Crippen molar-refractivity contribution in [2.24, 2.45) is 0 Å². The smallest absolute Gasteiger partial charge is 0.305 e. The molecule has 1 heterocycles. The average Bonchev–Trinajstić information content (AvgIpc) is 2.87. The number of rotatable bonds is 5. The minimum absolute atomic E-state index is 0.00876. The SMILES string of the molecule is Cc1nc(CC(=O)NC2(CC(=O)O)CCCC2)cs1. The monoisotopic (exact) mass is 282 g/mol. The third kappa shape index (κ3) is 3.76. The van der Waals surface area contributed by atoms with Gasteiger partial charge in [0, 0.05) is 5.38 Å². The molecule has 0 aliphatic heterocycles. The van der Waals surface area contributed by atoms with E-state index >= 15 is 0 Å². The summed E-state index contributed by atoms with van der Waals surface area (Å²) in [7, 11) is 0. The van der Waals surface area contributed by atoms with Gasteiger partial charge < -0.3 is 10.4 Å². The summed E-state index contributed by atoms with van der Waals surface area (Å²) >= 11 is 1.51. The Bertz CT molecular complexity index is 478. The zero-order valence-corrected chi connectivity index (χ0v) is 11.8. The van der Waals surface area contributed by atoms with Gasteiger partial charge in [0.1, 0.15) is 0 Å². The molecule has 0 spiro atoms. The number of carbonyl (C=O) groups excluding carboxylic acids is 1. The molecule has 1 fully saturated rings. The lowest BCUT2D eigenvalue weighted by molar-refractivity contribution is -0.139. The molecule has 1 saturated carbocycles. The van der Waals surface area contributed by atoms with Gasteiger partial charge in [0.25, 0.3) is 0 Å². The molecule has 1 amide bonds. The number of nitrogens with zero attached hydrogens (tertiary/aromatic N) is 1. The van der Waals surface area contributed by atoms with E-state index in [1.807, 2.05) is 12.3 Å². The van der Waals surface area contributed by atoms with Gasteiger partial charge in [-0.3, -0.25) is 9.59 Å². The van der Waals surface area contributed by atoms with E-state index in [0.717, 1.165) is 36.4 Å². The second kappa shape index (κ2) is 5.69. The predicted octanol–water partition coefficient (Wildman–Crippen LogP) is 1.90. The Morgan fingerprint density at radius 3 is 2.68 bits per heavy atom. The van der Waals surface area contributed by atoms with Crippen LogP contribution in [-0.4, -0.2) is 27.5 Å². The standard InChI is InChI=1S/C13H18N2O3S/c1-9-14-10(8-19-9)6-11(16)15-13(7-12(17)18)4-2-3-5-13/h8H,2-7H2,1H3,(H,15,16)(H,17,18). The fraction of sp³-hybridized carbons (Fsp3) is 0.615.